The summed E-state index contributed by atoms with van der Waals surface area (Å²) in [5.74, 6) is 1.24. The maximum absolute atomic E-state index is 10.6. The van der Waals surface area contributed by atoms with Gasteiger partial charge in [0.05, 0.1) is 5.60 Å². The molecule has 3 atom stereocenters. The number of rotatable bonds is 9. The monoisotopic (exact) mass is 315 g/mol. The van der Waals surface area contributed by atoms with Crippen LogP contribution >= 0.6 is 0 Å². The Morgan fingerprint density at radius 2 is 2.00 bits per heavy atom. The van der Waals surface area contributed by atoms with Crippen LogP contribution in [0.2, 0.25) is 0 Å². The lowest BCUT2D eigenvalue weighted by Gasteiger charge is -2.25. The van der Waals surface area contributed by atoms with E-state index in [-0.39, 0.29) is 0 Å². The van der Waals surface area contributed by atoms with Crippen molar-refractivity contribution in [2.45, 2.75) is 78.7 Å². The molecule has 1 aliphatic rings. The summed E-state index contributed by atoms with van der Waals surface area (Å²) in [4.78, 5) is 0. The molecule has 0 aromatic heterocycles. The van der Waals surface area contributed by atoms with E-state index in [9.17, 15) is 5.11 Å². The van der Waals surface area contributed by atoms with Gasteiger partial charge in [0.15, 0.2) is 0 Å². The molecule has 0 heterocycles. The largest absolute Gasteiger partial charge is 0.504 e. The zero-order valence-electron chi connectivity index (χ0n) is 15.7. The van der Waals surface area contributed by atoms with E-state index in [2.05, 4.69) is 57.2 Å². The molecule has 0 saturated heterocycles. The first kappa shape index (κ1) is 20.0. The van der Waals surface area contributed by atoms with Gasteiger partial charge in [0.2, 0.25) is 0 Å². The number of hydrogen-bond donors (Lipinski definition) is 1. The van der Waals surface area contributed by atoms with E-state index in [1.807, 2.05) is 13.8 Å². The lowest BCUT2D eigenvalue weighted by Crippen LogP contribution is -2.24. The van der Waals surface area contributed by atoms with E-state index >= 15 is 0 Å². The summed E-state index contributed by atoms with van der Waals surface area (Å²) in [6.07, 6.45) is 20.1. The minimum absolute atomic E-state index is 0.575. The SMILES string of the molecule is C[C-]=CCC/C(C)=C/CCC(C)(O)CCC1=CC(C)C(C)C=C1. The summed E-state index contributed by atoms with van der Waals surface area (Å²) < 4.78 is 0. The van der Waals surface area contributed by atoms with Gasteiger partial charge in [0.25, 0.3) is 0 Å². The molecule has 0 fully saturated rings. The Labute approximate surface area is 143 Å². The molecule has 0 aromatic carbocycles. The van der Waals surface area contributed by atoms with Crippen LogP contribution in [-0.4, -0.2) is 10.7 Å². The number of aliphatic hydroxyl groups is 1. The van der Waals surface area contributed by atoms with Crippen molar-refractivity contribution in [2.24, 2.45) is 11.8 Å². The predicted octanol–water partition coefficient (Wildman–Crippen LogP) is 6.17. The Balaban J connectivity index is 2.34. The summed E-state index contributed by atoms with van der Waals surface area (Å²) >= 11 is 0. The van der Waals surface area contributed by atoms with Crippen LogP contribution in [0.3, 0.4) is 0 Å². The second-order valence-corrected chi connectivity index (χ2v) is 7.44. The van der Waals surface area contributed by atoms with Crippen molar-refractivity contribution in [1.82, 2.24) is 0 Å². The van der Waals surface area contributed by atoms with Crippen molar-refractivity contribution in [3.8, 4) is 0 Å². The summed E-state index contributed by atoms with van der Waals surface area (Å²) in [7, 11) is 0. The van der Waals surface area contributed by atoms with Crippen molar-refractivity contribution >= 4 is 0 Å². The van der Waals surface area contributed by atoms with Gasteiger partial charge in [-0.2, -0.15) is 6.92 Å². The van der Waals surface area contributed by atoms with Gasteiger partial charge >= 0.3 is 0 Å². The molecule has 3 unspecified atom stereocenters. The highest BCUT2D eigenvalue weighted by Crippen LogP contribution is 2.28. The van der Waals surface area contributed by atoms with Crippen LogP contribution < -0.4 is 0 Å². The van der Waals surface area contributed by atoms with Gasteiger partial charge in [0, 0.05) is 0 Å². The van der Waals surface area contributed by atoms with Crippen LogP contribution in [-0.2, 0) is 0 Å². The fraction of sp³-hybridized carbons (Fsp3) is 0.636. The van der Waals surface area contributed by atoms with E-state index < -0.39 is 5.60 Å². The molecule has 1 aliphatic carbocycles. The van der Waals surface area contributed by atoms with Crippen LogP contribution in [0, 0.1) is 17.9 Å². The molecular weight excluding hydrogens is 280 g/mol. The Bertz CT molecular complexity index is 462. The maximum Gasteiger partial charge on any atom is 0.0625 e. The third-order valence-electron chi connectivity index (χ3n) is 4.94. The quantitative estimate of drug-likeness (QED) is 0.398. The number of allylic oxidation sites excluding steroid dienone is 8. The van der Waals surface area contributed by atoms with Crippen LogP contribution in [0.15, 0.2) is 41.5 Å². The summed E-state index contributed by atoms with van der Waals surface area (Å²) in [5.41, 5.74) is 2.22. The molecule has 0 saturated carbocycles. The van der Waals surface area contributed by atoms with Gasteiger partial charge in [0.1, 0.15) is 0 Å². The Morgan fingerprint density at radius 1 is 1.26 bits per heavy atom. The van der Waals surface area contributed by atoms with Crippen molar-refractivity contribution in [3.05, 3.63) is 47.6 Å². The van der Waals surface area contributed by atoms with Gasteiger partial charge < -0.3 is 11.2 Å². The minimum Gasteiger partial charge on any atom is -0.504 e. The smallest absolute Gasteiger partial charge is 0.0625 e. The Morgan fingerprint density at radius 3 is 2.65 bits per heavy atom. The summed E-state index contributed by atoms with van der Waals surface area (Å²) in [5, 5.41) is 10.6. The Hall–Kier alpha value is -1.08. The standard InChI is InChI=1S/C22H35O/c1-6-7-8-10-18(2)11-9-15-22(5,23)16-14-21-13-12-19(3)20(4)17-21/h7,11-13,17,19-20,23H,8-10,14-16H2,1-5H3/q-1/b18-11+. The normalized spacial score (nSPS) is 24.8. The van der Waals surface area contributed by atoms with E-state index in [0.717, 1.165) is 38.5 Å². The van der Waals surface area contributed by atoms with Gasteiger partial charge in [-0.3, -0.25) is 6.08 Å². The predicted molar refractivity (Wildman–Crippen MR) is 101 cm³/mol. The molecular formula is C22H35O-. The highest BCUT2D eigenvalue weighted by molar-refractivity contribution is 5.25. The second-order valence-electron chi connectivity index (χ2n) is 7.44. The van der Waals surface area contributed by atoms with Crippen molar-refractivity contribution < 1.29 is 5.11 Å². The van der Waals surface area contributed by atoms with Crippen molar-refractivity contribution in [3.63, 3.8) is 0 Å². The molecule has 1 heteroatoms. The van der Waals surface area contributed by atoms with Crippen molar-refractivity contribution in [2.75, 3.05) is 0 Å². The van der Waals surface area contributed by atoms with Gasteiger partial charge in [-0.05, 0) is 57.8 Å². The molecule has 0 bridgehead atoms. The molecule has 0 spiro atoms. The van der Waals surface area contributed by atoms with E-state index in [1.165, 1.54) is 11.1 Å². The van der Waals surface area contributed by atoms with Crippen LogP contribution in [0.1, 0.15) is 73.1 Å². The molecule has 0 aliphatic heterocycles. The van der Waals surface area contributed by atoms with E-state index in [0.29, 0.717) is 11.8 Å². The zero-order chi connectivity index (χ0) is 17.3. The minimum atomic E-state index is -0.575. The first-order valence-corrected chi connectivity index (χ1v) is 9.10. The molecule has 1 rings (SSSR count). The van der Waals surface area contributed by atoms with Crippen molar-refractivity contribution in [1.29, 1.82) is 0 Å². The third kappa shape index (κ3) is 8.37. The van der Waals surface area contributed by atoms with E-state index in [1.54, 1.807) is 0 Å². The fourth-order valence-electron chi connectivity index (χ4n) is 2.88. The number of hydrogen-bond acceptors (Lipinski definition) is 1. The topological polar surface area (TPSA) is 20.2 Å². The highest BCUT2D eigenvalue weighted by Gasteiger charge is 2.20. The van der Waals surface area contributed by atoms with Gasteiger partial charge in [-0.15, -0.1) is 0 Å². The lowest BCUT2D eigenvalue weighted by molar-refractivity contribution is 0.0434. The first-order chi connectivity index (χ1) is 10.8. The summed E-state index contributed by atoms with van der Waals surface area (Å²) in [6.45, 7) is 10.6. The second kappa shape index (κ2) is 9.93. The average Bonchev–Trinajstić information content (AvgIpc) is 2.49. The van der Waals surface area contributed by atoms with E-state index in [4.69, 9.17) is 0 Å². The Kier molecular flexibility index (Phi) is 8.62. The molecule has 0 amide bonds. The lowest BCUT2D eigenvalue weighted by atomic mass is 9.85. The molecule has 130 valence electrons. The van der Waals surface area contributed by atoms with Crippen LogP contribution in [0.5, 0.6) is 0 Å². The molecule has 0 aromatic rings. The third-order valence-corrected chi connectivity index (χ3v) is 4.94. The van der Waals surface area contributed by atoms with Gasteiger partial charge in [-0.1, -0.05) is 55.7 Å². The van der Waals surface area contributed by atoms with Gasteiger partial charge in [-0.25, -0.2) is 0 Å². The summed E-state index contributed by atoms with van der Waals surface area (Å²) in [6, 6.07) is 0. The fourth-order valence-corrected chi connectivity index (χ4v) is 2.88. The van der Waals surface area contributed by atoms with Crippen LogP contribution in [0.25, 0.3) is 0 Å². The molecule has 1 nitrogen and oxygen atoms in total. The first-order valence-electron chi connectivity index (χ1n) is 9.10. The maximum atomic E-state index is 10.6. The molecule has 23 heavy (non-hydrogen) atoms. The highest BCUT2D eigenvalue weighted by atomic mass is 16.3. The average molecular weight is 316 g/mol. The zero-order valence-corrected chi connectivity index (χ0v) is 15.7. The van der Waals surface area contributed by atoms with Crippen LogP contribution in [0.4, 0.5) is 0 Å². The molecule has 1 N–H and O–H groups in total. The molecule has 0 radical (unpaired) electrons.